The number of guanidine groups is 4. The van der Waals surface area contributed by atoms with Crippen molar-refractivity contribution in [3.05, 3.63) is 83.3 Å². The van der Waals surface area contributed by atoms with E-state index >= 15 is 0 Å². The molecule has 432 valence electrons. The monoisotopic (exact) mass is 1630 g/mol. The van der Waals surface area contributed by atoms with Gasteiger partial charge in [-0.05, 0) is 164 Å². The van der Waals surface area contributed by atoms with Gasteiger partial charge >= 0.3 is 0 Å². The first-order valence-corrected chi connectivity index (χ1v) is 30.9. The number of carbonyl (C=O) groups excluding carboxylic acids is 4. The Morgan fingerprint density at radius 2 is 0.741 bits per heavy atom. The average Bonchev–Trinajstić information content (AvgIpc) is 2.63. The maximum atomic E-state index is 14.4. The van der Waals surface area contributed by atoms with Crippen LogP contribution in [0.3, 0.4) is 0 Å². The lowest BCUT2D eigenvalue weighted by atomic mass is 9.70. The van der Waals surface area contributed by atoms with Gasteiger partial charge in [0.15, 0.2) is 47.7 Å². The highest BCUT2D eigenvalue weighted by molar-refractivity contribution is 9.14. The molecule has 0 radical (unpaired) electrons. The number of nitrogens with zero attached hydrogens (tertiary/aromatic N) is 4. The number of carbonyl (C=O) groups is 4. The lowest BCUT2D eigenvalue weighted by molar-refractivity contribution is -0.265. The highest BCUT2D eigenvalue weighted by Crippen LogP contribution is 2.63. The van der Waals surface area contributed by atoms with E-state index in [0.717, 1.165) is 0 Å². The molecule has 4 aromatic rings. The maximum absolute atomic E-state index is 14.4. The third-order valence-corrected chi connectivity index (χ3v) is 23.4. The standard InChI is InChI=1S/C44H46Br8N20O9/c45-13-1-17(61-25(13)49)29(73)57-5-9-11(7-59-31(75)19-3-15(47)27(51)63-19)23(41-21(9)43(77)35(67-39(55)71-43)80-33(41)65-37(53)69-41)79-24-12(8-60-32(76)20-4-16(48)28(52)64-20)10(6-58-30(74)18-2-14(46)26(50)62-18)22-42(24)34(66-38(54)70-42)81-36-44(22,78)72-40(56)68-36/h1-4,9-12,21-24,33-36,61-64,77-78H,5-8H2,(H,57,73)(H,58,74)(H,59,75)(H,60,76)(H3,53,65,69)(H3,54,66,70)(H3,55,67,71)(H3,56,68,72)/t9-,10-,11-,12+,21+,22+,23-,24?,33+,34-,35-,36-,41+,42-,43?,44-/m1/s1. The van der Waals surface area contributed by atoms with Gasteiger partial charge in [0.1, 0.15) is 33.9 Å². The van der Waals surface area contributed by atoms with Gasteiger partial charge in [0.25, 0.3) is 23.6 Å². The molecule has 12 rings (SSSR count). The highest BCUT2D eigenvalue weighted by atomic mass is 79.9. The van der Waals surface area contributed by atoms with Gasteiger partial charge in [-0.25, -0.2) is 20.0 Å². The number of aromatic amines is 4. The molecule has 81 heavy (non-hydrogen) atoms. The summed E-state index contributed by atoms with van der Waals surface area (Å²) in [5.74, 6) is -9.17. The van der Waals surface area contributed by atoms with Gasteiger partial charge in [0, 0.05) is 49.9 Å². The van der Waals surface area contributed by atoms with Crippen molar-refractivity contribution < 1.29 is 43.6 Å². The summed E-state index contributed by atoms with van der Waals surface area (Å²) in [4.78, 5) is 87.6. The zero-order valence-electron chi connectivity index (χ0n) is 40.9. The Bertz CT molecular complexity index is 3150. The van der Waals surface area contributed by atoms with Crippen LogP contribution in [0.15, 0.2) is 80.5 Å². The minimum absolute atomic E-state index is 0.128. The van der Waals surface area contributed by atoms with Crippen molar-refractivity contribution in [1.82, 2.24) is 62.5 Å². The highest BCUT2D eigenvalue weighted by Gasteiger charge is 2.81. The summed E-state index contributed by atoms with van der Waals surface area (Å²) in [5, 5.41) is 51.4. The Kier molecular flexibility index (Phi) is 14.6. The van der Waals surface area contributed by atoms with Crippen molar-refractivity contribution in [1.29, 1.82) is 0 Å². The molecule has 10 heterocycles. The normalized spacial score (nSPS) is 35.5. The van der Waals surface area contributed by atoms with Gasteiger partial charge in [-0.1, -0.05) is 0 Å². The maximum Gasteiger partial charge on any atom is 0.267 e. The van der Waals surface area contributed by atoms with Crippen LogP contribution in [0.5, 0.6) is 0 Å². The number of hydrogen-bond donors (Lipinski definition) is 18. The van der Waals surface area contributed by atoms with Crippen LogP contribution >= 0.6 is 127 Å². The molecule has 2 spiro atoms. The number of ether oxygens (including phenoxy) is 3. The topological polar surface area (TPSA) is 449 Å². The number of aliphatic hydroxyl groups is 2. The zero-order chi connectivity index (χ0) is 57.6. The first kappa shape index (κ1) is 57.2. The van der Waals surface area contributed by atoms with Crippen LogP contribution < -0.4 is 65.5 Å². The molecule has 29 nitrogen and oxygen atoms in total. The number of halogens is 8. The minimum Gasteiger partial charge on any atom is -0.370 e. The van der Waals surface area contributed by atoms with E-state index in [2.05, 4.69) is 200 Å². The summed E-state index contributed by atoms with van der Waals surface area (Å²) in [6, 6.07) is 6.32. The molecule has 6 aliphatic heterocycles. The van der Waals surface area contributed by atoms with Gasteiger partial charge in [-0.15, -0.1) is 0 Å². The van der Waals surface area contributed by atoms with Crippen LogP contribution in [0.1, 0.15) is 42.0 Å². The Labute approximate surface area is 523 Å². The molecule has 8 aliphatic rings. The first-order valence-electron chi connectivity index (χ1n) is 24.5. The fourth-order valence-corrected chi connectivity index (χ4v) is 16.0. The van der Waals surface area contributed by atoms with Crippen molar-refractivity contribution in [2.45, 2.75) is 59.6 Å². The molecule has 22 N–H and O–H groups in total. The van der Waals surface area contributed by atoms with E-state index < -0.39 is 119 Å². The molecule has 4 fully saturated rings. The quantitative estimate of drug-likeness (QED) is 0.0817. The minimum atomic E-state index is -2.20. The van der Waals surface area contributed by atoms with Crippen molar-refractivity contribution in [3.63, 3.8) is 0 Å². The SMILES string of the molecule is NC1=N[C@@H]2O[C@@H]3N=C(N)N[C@@]34[C@H](OC3[C@@H](CNC(=O)c5cc(Br)c(Br)[nH]5)[C@@H](CNC(=O)c5cc(Br)c(Br)[nH]5)[C@@H]5[C@]6(O)NC(N)=N[C@@H]6O[C@H]6N=C(N)N[C@]365)[C@H](CNC(=O)c3cc(Br)c(Br)[nH]3)[C@@H](CNC(=O)c3cc(Br)c(Br)[nH]3)[C@@H]4C2(O)N1. The summed E-state index contributed by atoms with van der Waals surface area (Å²) in [6.07, 6.45) is -8.21. The number of fused-ring (bicyclic) bond motifs is 4. The molecule has 4 aromatic heterocycles. The third-order valence-electron chi connectivity index (χ3n) is 16.3. The summed E-state index contributed by atoms with van der Waals surface area (Å²) < 4.78 is 25.4. The van der Waals surface area contributed by atoms with Crippen LogP contribution in [0.2, 0.25) is 0 Å². The first-order chi connectivity index (χ1) is 38.4. The number of hydrogen-bond acceptors (Lipinski definition) is 21. The lowest BCUT2D eigenvalue weighted by Crippen LogP contribution is -2.78. The average molecular weight is 1640 g/mol. The number of aliphatic imine (C=N–C) groups is 4. The molecule has 2 saturated carbocycles. The number of rotatable bonds is 14. The van der Waals surface area contributed by atoms with E-state index in [9.17, 15) is 29.4 Å². The Balaban J connectivity index is 1.03. The van der Waals surface area contributed by atoms with E-state index in [1.807, 2.05) is 0 Å². The van der Waals surface area contributed by atoms with Crippen LogP contribution in [0.4, 0.5) is 0 Å². The smallest absolute Gasteiger partial charge is 0.267 e. The van der Waals surface area contributed by atoms with Crippen LogP contribution in [0.25, 0.3) is 0 Å². The molecule has 2 aliphatic carbocycles. The van der Waals surface area contributed by atoms with E-state index in [1.54, 1.807) is 24.3 Å². The number of amides is 4. The van der Waals surface area contributed by atoms with Crippen molar-refractivity contribution >= 4 is 175 Å². The number of H-pyrrole nitrogens is 4. The van der Waals surface area contributed by atoms with Crippen molar-refractivity contribution in [2.75, 3.05) is 26.2 Å². The molecule has 2 unspecified atom stereocenters. The molecule has 37 heteroatoms. The number of nitrogens with one attached hydrogen (secondary N) is 12. The van der Waals surface area contributed by atoms with Crippen LogP contribution in [-0.4, -0.2) is 163 Å². The van der Waals surface area contributed by atoms with Gasteiger partial charge in [0.2, 0.25) is 12.5 Å². The predicted octanol–water partition coefficient (Wildman–Crippen LogP) is 0.488. The Morgan fingerprint density at radius 3 is 1.02 bits per heavy atom. The zero-order valence-corrected chi connectivity index (χ0v) is 53.6. The molecule has 16 atom stereocenters. The fourth-order valence-electron chi connectivity index (χ4n) is 13.4. The fraction of sp³-hybridized carbons (Fsp3) is 0.455. The van der Waals surface area contributed by atoms with Gasteiger partial charge in [0.05, 0.1) is 48.5 Å². The lowest BCUT2D eigenvalue weighted by Gasteiger charge is -2.54. The van der Waals surface area contributed by atoms with E-state index in [0.29, 0.717) is 36.3 Å². The Morgan fingerprint density at radius 1 is 0.469 bits per heavy atom. The second kappa shape index (κ2) is 20.8. The summed E-state index contributed by atoms with van der Waals surface area (Å²) in [7, 11) is 0. The summed E-state index contributed by atoms with van der Waals surface area (Å²) in [5.41, 5.74) is 18.9. The van der Waals surface area contributed by atoms with E-state index in [4.69, 9.17) is 47.1 Å². The molecule has 4 amide bonds. The van der Waals surface area contributed by atoms with Gasteiger partial charge in [-0.2, -0.15) is 0 Å². The molecule has 2 saturated heterocycles. The summed E-state index contributed by atoms with van der Waals surface area (Å²) >= 11 is 27.4. The largest absolute Gasteiger partial charge is 0.370 e. The third kappa shape index (κ3) is 9.18. The second-order valence-electron chi connectivity index (χ2n) is 20.6. The number of aromatic nitrogens is 4. The molecular formula is C44H46Br8N20O9. The molecular weight excluding hydrogens is 1590 g/mol. The predicted molar refractivity (Wildman–Crippen MR) is 315 cm³/mol. The molecule has 0 bridgehead atoms. The van der Waals surface area contributed by atoms with Crippen LogP contribution in [0, 0.1) is 35.5 Å². The number of nitrogens with two attached hydrogens (primary N) is 4. The van der Waals surface area contributed by atoms with Gasteiger partial charge < -0.3 is 110 Å². The van der Waals surface area contributed by atoms with E-state index in [-0.39, 0.29) is 72.8 Å². The second-order valence-corrected chi connectivity index (χ2v) is 27.2. The Hall–Kier alpha value is -4.28. The summed E-state index contributed by atoms with van der Waals surface area (Å²) in [6.45, 7) is -0.919. The van der Waals surface area contributed by atoms with Crippen molar-refractivity contribution in [2.24, 2.45) is 78.4 Å². The van der Waals surface area contributed by atoms with Crippen LogP contribution in [-0.2, 0) is 14.2 Å². The van der Waals surface area contributed by atoms with E-state index in [1.165, 1.54) is 0 Å². The molecule has 0 aromatic carbocycles. The van der Waals surface area contributed by atoms with Gasteiger partial charge in [-0.3, -0.25) is 19.2 Å². The van der Waals surface area contributed by atoms with Crippen molar-refractivity contribution in [3.8, 4) is 0 Å².